The lowest BCUT2D eigenvalue weighted by Crippen LogP contribution is -2.14. The van der Waals surface area contributed by atoms with E-state index in [9.17, 15) is 4.79 Å². The van der Waals surface area contributed by atoms with Gasteiger partial charge in [0.1, 0.15) is 0 Å². The standard InChI is InChI=1S/C13H10Br2ClN3O/c14-8-2-1-3-9(15)12(8)19-11-7(13(18)20)4-6(17)5-10(11)16/h1-5,19H,17H2,(H2,18,20). The molecule has 0 aliphatic heterocycles. The van der Waals surface area contributed by atoms with Crippen LogP contribution in [0.1, 0.15) is 10.4 Å². The van der Waals surface area contributed by atoms with Gasteiger partial charge in [0.15, 0.2) is 0 Å². The molecular formula is C13H10Br2ClN3O. The zero-order valence-corrected chi connectivity index (χ0v) is 14.0. The van der Waals surface area contributed by atoms with Gasteiger partial charge in [0.25, 0.3) is 5.91 Å². The number of carbonyl (C=O) groups is 1. The molecule has 20 heavy (non-hydrogen) atoms. The van der Waals surface area contributed by atoms with E-state index in [1.807, 2.05) is 18.2 Å². The molecule has 2 aromatic carbocycles. The van der Waals surface area contributed by atoms with Gasteiger partial charge in [-0.1, -0.05) is 17.7 Å². The summed E-state index contributed by atoms with van der Waals surface area (Å²) in [6.07, 6.45) is 0. The number of carbonyl (C=O) groups excluding carboxylic acids is 1. The predicted molar refractivity (Wildman–Crippen MR) is 89.5 cm³/mol. The molecule has 0 fully saturated rings. The number of primary amides is 1. The van der Waals surface area contributed by atoms with Crippen molar-refractivity contribution in [3.05, 3.63) is 49.9 Å². The number of rotatable bonds is 3. The fraction of sp³-hybridized carbons (Fsp3) is 0. The molecule has 0 aliphatic carbocycles. The zero-order valence-electron chi connectivity index (χ0n) is 10.1. The van der Waals surface area contributed by atoms with E-state index in [0.717, 1.165) is 14.6 Å². The van der Waals surface area contributed by atoms with Crippen LogP contribution < -0.4 is 16.8 Å². The van der Waals surface area contributed by atoms with E-state index in [-0.39, 0.29) is 5.56 Å². The summed E-state index contributed by atoms with van der Waals surface area (Å²) in [5, 5.41) is 3.42. The van der Waals surface area contributed by atoms with E-state index < -0.39 is 5.91 Å². The molecule has 0 saturated carbocycles. The van der Waals surface area contributed by atoms with Crippen molar-refractivity contribution in [3.8, 4) is 0 Å². The monoisotopic (exact) mass is 417 g/mol. The third-order valence-corrected chi connectivity index (χ3v) is 4.21. The van der Waals surface area contributed by atoms with Crippen molar-refractivity contribution < 1.29 is 4.79 Å². The average molecular weight is 420 g/mol. The second kappa shape index (κ2) is 6.03. The minimum Gasteiger partial charge on any atom is -0.399 e. The fourth-order valence-corrected chi connectivity index (χ4v) is 3.16. The maximum absolute atomic E-state index is 11.5. The normalized spacial score (nSPS) is 10.3. The lowest BCUT2D eigenvalue weighted by Gasteiger charge is -2.15. The van der Waals surface area contributed by atoms with Crippen LogP contribution in [0.3, 0.4) is 0 Å². The molecule has 0 radical (unpaired) electrons. The Morgan fingerprint density at radius 1 is 1.15 bits per heavy atom. The summed E-state index contributed by atoms with van der Waals surface area (Å²) in [5.41, 5.74) is 12.8. The van der Waals surface area contributed by atoms with Crippen molar-refractivity contribution in [2.75, 3.05) is 11.1 Å². The lowest BCUT2D eigenvalue weighted by molar-refractivity contribution is 0.100. The smallest absolute Gasteiger partial charge is 0.250 e. The number of para-hydroxylation sites is 1. The maximum atomic E-state index is 11.5. The number of nitrogen functional groups attached to an aromatic ring is 1. The van der Waals surface area contributed by atoms with Crippen molar-refractivity contribution in [2.45, 2.75) is 0 Å². The van der Waals surface area contributed by atoms with Crippen LogP contribution in [0, 0.1) is 0 Å². The predicted octanol–water partition coefficient (Wildman–Crippen LogP) is 4.29. The van der Waals surface area contributed by atoms with E-state index in [0.29, 0.717) is 16.4 Å². The third-order valence-electron chi connectivity index (χ3n) is 2.59. The first-order valence-corrected chi connectivity index (χ1v) is 7.46. The number of hydrogen-bond donors (Lipinski definition) is 3. The van der Waals surface area contributed by atoms with E-state index in [1.54, 1.807) is 6.07 Å². The second-order valence-electron chi connectivity index (χ2n) is 4.01. The molecule has 0 aromatic heterocycles. The van der Waals surface area contributed by atoms with Crippen LogP contribution >= 0.6 is 43.5 Å². The molecule has 4 nitrogen and oxygen atoms in total. The highest BCUT2D eigenvalue weighted by Gasteiger charge is 2.15. The van der Waals surface area contributed by atoms with Crippen LogP contribution in [-0.4, -0.2) is 5.91 Å². The van der Waals surface area contributed by atoms with Gasteiger partial charge < -0.3 is 16.8 Å². The molecule has 0 bridgehead atoms. The summed E-state index contributed by atoms with van der Waals surface area (Å²) < 4.78 is 1.63. The molecule has 2 rings (SSSR count). The SMILES string of the molecule is NC(=O)c1cc(N)cc(Cl)c1Nc1c(Br)cccc1Br. The van der Waals surface area contributed by atoms with Gasteiger partial charge in [-0.15, -0.1) is 0 Å². The van der Waals surface area contributed by atoms with Crippen molar-refractivity contribution in [3.63, 3.8) is 0 Å². The van der Waals surface area contributed by atoms with Crippen LogP contribution in [-0.2, 0) is 0 Å². The minimum atomic E-state index is -0.607. The highest BCUT2D eigenvalue weighted by molar-refractivity contribution is 9.11. The first-order chi connectivity index (χ1) is 9.40. The van der Waals surface area contributed by atoms with Crippen LogP contribution in [0.4, 0.5) is 17.1 Å². The minimum absolute atomic E-state index is 0.234. The topological polar surface area (TPSA) is 81.1 Å². The molecular weight excluding hydrogens is 409 g/mol. The number of amides is 1. The van der Waals surface area contributed by atoms with Gasteiger partial charge in [-0.2, -0.15) is 0 Å². The van der Waals surface area contributed by atoms with Crippen LogP contribution in [0.5, 0.6) is 0 Å². The van der Waals surface area contributed by atoms with Crippen molar-refractivity contribution >= 4 is 66.4 Å². The summed E-state index contributed by atoms with van der Waals surface area (Å²) in [7, 11) is 0. The summed E-state index contributed by atoms with van der Waals surface area (Å²) in [5.74, 6) is -0.607. The summed E-state index contributed by atoms with van der Waals surface area (Å²) in [4.78, 5) is 11.5. The third kappa shape index (κ3) is 3.08. The Morgan fingerprint density at radius 3 is 2.30 bits per heavy atom. The van der Waals surface area contributed by atoms with E-state index in [2.05, 4.69) is 37.2 Å². The van der Waals surface area contributed by atoms with Gasteiger partial charge in [0.2, 0.25) is 0 Å². The van der Waals surface area contributed by atoms with Crippen molar-refractivity contribution in [2.24, 2.45) is 5.73 Å². The Labute approximate surface area is 137 Å². The number of benzene rings is 2. The molecule has 5 N–H and O–H groups in total. The van der Waals surface area contributed by atoms with Gasteiger partial charge in [-0.3, -0.25) is 4.79 Å². The number of nitrogens with one attached hydrogen (secondary N) is 1. The molecule has 1 amide bonds. The Balaban J connectivity index is 2.56. The van der Waals surface area contributed by atoms with Crippen molar-refractivity contribution in [1.29, 1.82) is 0 Å². The van der Waals surface area contributed by atoms with Gasteiger partial charge >= 0.3 is 0 Å². The van der Waals surface area contributed by atoms with Crippen LogP contribution in [0.2, 0.25) is 5.02 Å². The Bertz CT molecular complexity index is 671. The quantitative estimate of drug-likeness (QED) is 0.649. The highest BCUT2D eigenvalue weighted by Crippen LogP contribution is 2.37. The molecule has 0 unspecified atom stereocenters. The number of nitrogens with two attached hydrogens (primary N) is 2. The van der Waals surface area contributed by atoms with Gasteiger partial charge in [-0.05, 0) is 56.1 Å². The summed E-state index contributed by atoms with van der Waals surface area (Å²) in [6, 6.07) is 8.64. The fourth-order valence-electron chi connectivity index (χ4n) is 1.69. The summed E-state index contributed by atoms with van der Waals surface area (Å²) >= 11 is 13.0. The largest absolute Gasteiger partial charge is 0.399 e. The second-order valence-corrected chi connectivity index (χ2v) is 6.13. The van der Waals surface area contributed by atoms with E-state index in [4.69, 9.17) is 23.1 Å². The molecule has 0 saturated heterocycles. The molecule has 0 atom stereocenters. The molecule has 2 aromatic rings. The van der Waals surface area contributed by atoms with E-state index in [1.165, 1.54) is 6.07 Å². The van der Waals surface area contributed by atoms with Gasteiger partial charge in [0, 0.05) is 14.6 Å². The molecule has 104 valence electrons. The zero-order chi connectivity index (χ0) is 14.9. The molecule has 7 heteroatoms. The Hall–Kier alpha value is -1.24. The average Bonchev–Trinajstić information content (AvgIpc) is 2.35. The highest BCUT2D eigenvalue weighted by atomic mass is 79.9. The first-order valence-electron chi connectivity index (χ1n) is 5.50. The van der Waals surface area contributed by atoms with Gasteiger partial charge in [-0.25, -0.2) is 0 Å². The van der Waals surface area contributed by atoms with Crippen LogP contribution in [0.25, 0.3) is 0 Å². The van der Waals surface area contributed by atoms with E-state index >= 15 is 0 Å². The molecule has 0 heterocycles. The summed E-state index contributed by atoms with van der Waals surface area (Å²) in [6.45, 7) is 0. The van der Waals surface area contributed by atoms with Crippen molar-refractivity contribution in [1.82, 2.24) is 0 Å². The molecule has 0 aliphatic rings. The maximum Gasteiger partial charge on any atom is 0.250 e. The van der Waals surface area contributed by atoms with Gasteiger partial charge in [0.05, 0.1) is 22.0 Å². The lowest BCUT2D eigenvalue weighted by atomic mass is 10.1. The first kappa shape index (κ1) is 15.2. The Morgan fingerprint density at radius 2 is 1.75 bits per heavy atom. The number of hydrogen-bond acceptors (Lipinski definition) is 3. The number of anilines is 3. The Kier molecular flexibility index (Phi) is 4.57. The van der Waals surface area contributed by atoms with Crippen LogP contribution in [0.15, 0.2) is 39.3 Å². The number of halogens is 3. The molecule has 0 spiro atoms.